The van der Waals surface area contributed by atoms with E-state index in [0.717, 1.165) is 30.0 Å². The van der Waals surface area contributed by atoms with Gasteiger partial charge in [-0.05, 0) is 50.5 Å². The molecule has 0 N–H and O–H groups in total. The fraction of sp³-hybridized carbons (Fsp3) is 0.370. The first-order chi connectivity index (χ1) is 15.4. The zero-order valence-corrected chi connectivity index (χ0v) is 20.1. The number of allylic oxidation sites excluding steroid dienone is 4. The summed E-state index contributed by atoms with van der Waals surface area (Å²) in [5, 5.41) is 4.40. The number of benzene rings is 1. The lowest BCUT2D eigenvalue weighted by Crippen LogP contribution is -2.01. The second-order valence-electron chi connectivity index (χ2n) is 7.77. The summed E-state index contributed by atoms with van der Waals surface area (Å²) < 4.78 is 7.00. The molecule has 2 heterocycles. The Morgan fingerprint density at radius 2 is 1.88 bits per heavy atom. The lowest BCUT2D eigenvalue weighted by Gasteiger charge is -2.04. The summed E-state index contributed by atoms with van der Waals surface area (Å²) in [5.41, 5.74) is 4.49. The van der Waals surface area contributed by atoms with Gasteiger partial charge in [0, 0.05) is 18.7 Å². The first-order valence-electron chi connectivity index (χ1n) is 11.3. The Kier molecular flexibility index (Phi) is 9.86. The van der Waals surface area contributed by atoms with E-state index in [1.165, 1.54) is 5.56 Å². The molecule has 0 spiro atoms. The molecule has 170 valence electrons. The van der Waals surface area contributed by atoms with Crippen molar-refractivity contribution in [2.75, 3.05) is 6.61 Å². The van der Waals surface area contributed by atoms with Gasteiger partial charge in [-0.1, -0.05) is 63.1 Å². The van der Waals surface area contributed by atoms with Gasteiger partial charge in [0.25, 0.3) is 0 Å². The van der Waals surface area contributed by atoms with E-state index in [4.69, 9.17) is 4.74 Å². The number of hydrogen-bond acceptors (Lipinski definition) is 4. The zero-order chi connectivity index (χ0) is 23.5. The lowest BCUT2D eigenvalue weighted by molar-refractivity contribution is 0.0983. The molecule has 1 unspecified atom stereocenters. The minimum atomic E-state index is 0.0368. The van der Waals surface area contributed by atoms with Crippen LogP contribution in [0.4, 0.5) is 0 Å². The molecule has 3 aromatic rings. The van der Waals surface area contributed by atoms with E-state index in [2.05, 4.69) is 49.1 Å². The molecule has 0 aliphatic heterocycles. The van der Waals surface area contributed by atoms with E-state index in [-0.39, 0.29) is 5.78 Å². The fourth-order valence-corrected chi connectivity index (χ4v) is 2.92. The molecule has 0 fully saturated rings. The summed E-state index contributed by atoms with van der Waals surface area (Å²) in [6.45, 7) is 13.0. The van der Waals surface area contributed by atoms with Gasteiger partial charge in [0.1, 0.15) is 11.4 Å². The van der Waals surface area contributed by atoms with Crippen LogP contribution in [0.2, 0.25) is 0 Å². The third-order valence-electron chi connectivity index (χ3n) is 5.13. The smallest absolute Gasteiger partial charge is 0.182 e. The predicted octanol–water partition coefficient (Wildman–Crippen LogP) is 6.72. The summed E-state index contributed by atoms with van der Waals surface area (Å²) in [6, 6.07) is 11.7. The number of Topliss-reactive ketones (excluding diaryl/α,β-unsaturated/α-hetero) is 1. The van der Waals surface area contributed by atoms with Crippen LogP contribution < -0.4 is 4.74 Å². The molecule has 5 nitrogen and oxygen atoms in total. The van der Waals surface area contributed by atoms with Crippen LogP contribution in [-0.4, -0.2) is 27.0 Å². The number of carbonyl (C=O) groups is 1. The molecule has 0 aliphatic carbocycles. The standard InChI is InChI=1S/C18H23N3O.C9H12O/c1-5-13(3)8-7-9-14(4)16-10-11-19-18-12-15(17(22)6-2)20-21(16)18;1-3-10-9-6-4-8(2)5-7-9/h7-13H,5-6H2,1-4H3;4-7H,3H2,1-2H3/b8-7-,14-9+;. The van der Waals surface area contributed by atoms with Crippen molar-refractivity contribution in [3.05, 3.63) is 77.8 Å². The highest BCUT2D eigenvalue weighted by molar-refractivity contribution is 5.95. The van der Waals surface area contributed by atoms with Crippen molar-refractivity contribution in [3.63, 3.8) is 0 Å². The Labute approximate surface area is 191 Å². The highest BCUT2D eigenvalue weighted by Crippen LogP contribution is 2.16. The molecule has 2 aromatic heterocycles. The third kappa shape index (κ3) is 7.19. The van der Waals surface area contributed by atoms with Crippen molar-refractivity contribution in [1.82, 2.24) is 14.6 Å². The molecule has 0 radical (unpaired) electrons. The van der Waals surface area contributed by atoms with Crippen LogP contribution in [0.1, 0.15) is 69.2 Å². The van der Waals surface area contributed by atoms with Crippen LogP contribution >= 0.6 is 0 Å². The number of rotatable bonds is 8. The molecule has 0 saturated heterocycles. The SMILES string of the molecule is CCC(=O)c1cc2nccc(/C(C)=C/C=C\C(C)CC)n2n1.CCOc1ccc(C)cc1. The van der Waals surface area contributed by atoms with E-state index in [0.29, 0.717) is 23.7 Å². The van der Waals surface area contributed by atoms with Crippen molar-refractivity contribution in [2.45, 2.75) is 54.4 Å². The van der Waals surface area contributed by atoms with Gasteiger partial charge in [-0.25, -0.2) is 9.50 Å². The highest BCUT2D eigenvalue weighted by atomic mass is 16.5. The first kappa shape index (κ1) is 25.1. The summed E-state index contributed by atoms with van der Waals surface area (Å²) >= 11 is 0. The molecule has 1 aromatic carbocycles. The highest BCUT2D eigenvalue weighted by Gasteiger charge is 2.12. The van der Waals surface area contributed by atoms with Gasteiger partial charge < -0.3 is 4.74 Å². The average Bonchev–Trinajstić information content (AvgIpc) is 3.25. The average molecular weight is 434 g/mol. The molecule has 0 amide bonds. The maximum atomic E-state index is 11.8. The molecule has 5 heteroatoms. The van der Waals surface area contributed by atoms with Crippen LogP contribution in [0.5, 0.6) is 5.75 Å². The number of aryl methyl sites for hydroxylation is 1. The molecule has 0 aliphatic rings. The van der Waals surface area contributed by atoms with E-state index < -0.39 is 0 Å². The number of carbonyl (C=O) groups excluding carboxylic acids is 1. The van der Waals surface area contributed by atoms with Crippen molar-refractivity contribution >= 4 is 17.0 Å². The minimum Gasteiger partial charge on any atom is -0.494 e. The minimum absolute atomic E-state index is 0.0368. The van der Waals surface area contributed by atoms with Gasteiger partial charge in [-0.3, -0.25) is 4.79 Å². The summed E-state index contributed by atoms with van der Waals surface area (Å²) in [4.78, 5) is 16.1. The molecule has 3 rings (SSSR count). The number of hydrogen-bond donors (Lipinski definition) is 0. The van der Waals surface area contributed by atoms with Crippen molar-refractivity contribution in [3.8, 4) is 5.75 Å². The summed E-state index contributed by atoms with van der Waals surface area (Å²) in [7, 11) is 0. The number of ketones is 1. The Morgan fingerprint density at radius 1 is 1.16 bits per heavy atom. The van der Waals surface area contributed by atoms with Crippen molar-refractivity contribution < 1.29 is 9.53 Å². The molecular weight excluding hydrogens is 398 g/mol. The second-order valence-corrected chi connectivity index (χ2v) is 7.77. The molecule has 32 heavy (non-hydrogen) atoms. The van der Waals surface area contributed by atoms with Crippen molar-refractivity contribution in [1.29, 1.82) is 0 Å². The van der Waals surface area contributed by atoms with E-state index in [9.17, 15) is 4.79 Å². The molecular formula is C27H35N3O2. The third-order valence-corrected chi connectivity index (χ3v) is 5.13. The van der Waals surface area contributed by atoms with Gasteiger partial charge in [0.2, 0.25) is 0 Å². The Morgan fingerprint density at radius 3 is 2.50 bits per heavy atom. The summed E-state index contributed by atoms with van der Waals surface area (Å²) in [5.74, 6) is 1.56. The van der Waals surface area contributed by atoms with Gasteiger partial charge in [-0.2, -0.15) is 5.10 Å². The van der Waals surface area contributed by atoms with E-state index >= 15 is 0 Å². The van der Waals surface area contributed by atoms with Crippen molar-refractivity contribution in [2.24, 2.45) is 5.92 Å². The maximum Gasteiger partial charge on any atom is 0.182 e. The topological polar surface area (TPSA) is 56.5 Å². The Bertz CT molecular complexity index is 1060. The van der Waals surface area contributed by atoms with Crippen LogP contribution in [-0.2, 0) is 0 Å². The fourth-order valence-electron chi connectivity index (χ4n) is 2.92. The monoisotopic (exact) mass is 433 g/mol. The quantitative estimate of drug-likeness (QED) is 0.292. The van der Waals surface area contributed by atoms with Gasteiger partial charge >= 0.3 is 0 Å². The van der Waals surface area contributed by atoms with E-state index in [1.54, 1.807) is 16.8 Å². The maximum absolute atomic E-state index is 11.8. The van der Waals surface area contributed by atoms with Crippen LogP contribution in [0.25, 0.3) is 11.2 Å². The Balaban J connectivity index is 0.000000303. The molecule has 0 bridgehead atoms. The predicted molar refractivity (Wildman–Crippen MR) is 132 cm³/mol. The van der Waals surface area contributed by atoms with Crippen LogP contribution in [0.15, 0.2) is 60.8 Å². The normalized spacial score (nSPS) is 12.5. The van der Waals surface area contributed by atoms with Crippen LogP contribution in [0, 0.1) is 12.8 Å². The van der Waals surface area contributed by atoms with Gasteiger partial charge in [0.15, 0.2) is 11.4 Å². The molecule has 0 saturated carbocycles. The second kappa shape index (κ2) is 12.6. The van der Waals surface area contributed by atoms with Crippen LogP contribution in [0.3, 0.4) is 0 Å². The lowest BCUT2D eigenvalue weighted by atomic mass is 10.1. The van der Waals surface area contributed by atoms with Gasteiger partial charge in [-0.15, -0.1) is 0 Å². The first-order valence-corrected chi connectivity index (χ1v) is 11.3. The van der Waals surface area contributed by atoms with Gasteiger partial charge in [0.05, 0.1) is 12.3 Å². The Hall–Kier alpha value is -3.21. The number of ether oxygens (including phenoxy) is 1. The van der Waals surface area contributed by atoms with E-state index in [1.807, 2.05) is 51.1 Å². The summed E-state index contributed by atoms with van der Waals surface area (Å²) in [6.07, 6.45) is 9.68. The largest absolute Gasteiger partial charge is 0.494 e. The molecule has 1 atom stereocenters. The number of fused-ring (bicyclic) bond motifs is 1. The zero-order valence-electron chi connectivity index (χ0n) is 20.1. The number of aromatic nitrogens is 3. The number of nitrogens with zero attached hydrogens (tertiary/aromatic N) is 3.